The maximum Gasteiger partial charge on any atom is 0.0463 e. The minimum absolute atomic E-state index is 0.207. The third kappa shape index (κ3) is 3.49. The highest BCUT2D eigenvalue weighted by atomic mass is 15.2. The van der Waals surface area contributed by atoms with Crippen LogP contribution in [0.3, 0.4) is 0 Å². The molecule has 1 saturated carbocycles. The highest BCUT2D eigenvalue weighted by Gasteiger charge is 2.20. The van der Waals surface area contributed by atoms with Crippen molar-refractivity contribution in [3.63, 3.8) is 0 Å². The van der Waals surface area contributed by atoms with E-state index >= 15 is 0 Å². The van der Waals surface area contributed by atoms with Crippen molar-refractivity contribution < 1.29 is 0 Å². The number of hydrogen-bond donors (Lipinski definition) is 2. The largest absolute Gasteiger partial charge is 0.271 e. The highest BCUT2D eigenvalue weighted by Crippen LogP contribution is 2.37. The summed E-state index contributed by atoms with van der Waals surface area (Å²) in [5.41, 5.74) is 7.06. The number of aromatic nitrogens is 1. The zero-order valence-electron chi connectivity index (χ0n) is 12.3. The summed E-state index contributed by atoms with van der Waals surface area (Å²) in [6.45, 7) is 0. The Bertz CT molecular complexity index is 564. The molecule has 1 aromatic heterocycles. The zero-order chi connectivity index (χ0) is 14.5. The van der Waals surface area contributed by atoms with Crippen LogP contribution in [-0.4, -0.2) is 4.98 Å². The van der Waals surface area contributed by atoms with Crippen molar-refractivity contribution in [2.75, 3.05) is 0 Å². The second-order valence-electron chi connectivity index (χ2n) is 5.91. The molecule has 0 amide bonds. The summed E-state index contributed by atoms with van der Waals surface area (Å²) in [5.74, 6) is 6.55. The number of nitrogens with two attached hydrogens (primary N) is 1. The van der Waals surface area contributed by atoms with Crippen LogP contribution in [0.5, 0.6) is 0 Å². The first kappa shape index (κ1) is 14.2. The van der Waals surface area contributed by atoms with E-state index in [4.69, 9.17) is 5.84 Å². The van der Waals surface area contributed by atoms with Crippen LogP contribution < -0.4 is 11.3 Å². The third-order valence-electron chi connectivity index (χ3n) is 4.56. The van der Waals surface area contributed by atoms with E-state index < -0.39 is 0 Å². The Morgan fingerprint density at radius 2 is 2.00 bits per heavy atom. The Hall–Kier alpha value is -1.71. The first-order valence-corrected chi connectivity index (χ1v) is 7.81. The average molecular weight is 281 g/mol. The molecule has 1 unspecified atom stereocenters. The fourth-order valence-electron chi connectivity index (χ4n) is 2.98. The summed E-state index contributed by atoms with van der Waals surface area (Å²) < 4.78 is 0. The van der Waals surface area contributed by atoms with Crippen molar-refractivity contribution in [2.24, 2.45) is 5.84 Å². The lowest BCUT2D eigenvalue weighted by molar-refractivity contribution is 0.418. The second kappa shape index (κ2) is 6.83. The van der Waals surface area contributed by atoms with Gasteiger partial charge in [0.15, 0.2) is 0 Å². The predicted octanol–water partition coefficient (Wildman–Crippen LogP) is 3.49. The molecule has 1 aliphatic carbocycles. The molecule has 1 atom stereocenters. The summed E-state index contributed by atoms with van der Waals surface area (Å²) in [6.07, 6.45) is 9.73. The molecule has 110 valence electrons. The van der Waals surface area contributed by atoms with E-state index in [0.717, 1.165) is 18.8 Å². The van der Waals surface area contributed by atoms with E-state index in [1.807, 2.05) is 12.4 Å². The standard InChI is InChI=1S/C18H23N3/c19-21-18(8-7-14-9-11-20-12-10-14)17-6-2-5-16(13-17)15-3-1-4-15/h2,5-6,9-13,15,18,21H,1,3-4,7-8,19H2. The summed E-state index contributed by atoms with van der Waals surface area (Å²) in [5, 5.41) is 0. The maximum atomic E-state index is 5.78. The minimum Gasteiger partial charge on any atom is -0.271 e. The number of nitrogens with one attached hydrogen (secondary N) is 1. The Morgan fingerprint density at radius 3 is 2.67 bits per heavy atom. The van der Waals surface area contributed by atoms with Crippen LogP contribution in [0, 0.1) is 0 Å². The fraction of sp³-hybridized carbons (Fsp3) is 0.389. The number of rotatable bonds is 6. The van der Waals surface area contributed by atoms with Crippen LogP contribution >= 0.6 is 0 Å². The fourth-order valence-corrected chi connectivity index (χ4v) is 2.98. The van der Waals surface area contributed by atoms with Crippen LogP contribution in [0.15, 0.2) is 48.8 Å². The van der Waals surface area contributed by atoms with Gasteiger partial charge in [-0.05, 0) is 60.4 Å². The van der Waals surface area contributed by atoms with Gasteiger partial charge in [-0.15, -0.1) is 0 Å². The maximum absolute atomic E-state index is 5.78. The van der Waals surface area contributed by atoms with Crippen LogP contribution in [0.25, 0.3) is 0 Å². The molecule has 1 aromatic carbocycles. The van der Waals surface area contributed by atoms with E-state index in [1.165, 1.54) is 36.0 Å². The van der Waals surface area contributed by atoms with Crippen LogP contribution in [0.1, 0.15) is 54.3 Å². The molecule has 21 heavy (non-hydrogen) atoms. The zero-order valence-corrected chi connectivity index (χ0v) is 12.3. The van der Waals surface area contributed by atoms with Gasteiger partial charge in [0.2, 0.25) is 0 Å². The first-order chi connectivity index (χ1) is 10.4. The molecule has 0 spiro atoms. The normalized spacial score (nSPS) is 16.4. The topological polar surface area (TPSA) is 50.9 Å². The average Bonchev–Trinajstić information content (AvgIpc) is 2.48. The third-order valence-corrected chi connectivity index (χ3v) is 4.56. The van der Waals surface area contributed by atoms with Crippen molar-refractivity contribution in [2.45, 2.75) is 44.1 Å². The van der Waals surface area contributed by atoms with Gasteiger partial charge in [0, 0.05) is 18.4 Å². The van der Waals surface area contributed by atoms with E-state index in [-0.39, 0.29) is 6.04 Å². The van der Waals surface area contributed by atoms with Crippen molar-refractivity contribution in [1.82, 2.24) is 10.4 Å². The monoisotopic (exact) mass is 281 g/mol. The Morgan fingerprint density at radius 1 is 1.19 bits per heavy atom. The number of hydrazine groups is 1. The van der Waals surface area contributed by atoms with Gasteiger partial charge in [-0.1, -0.05) is 30.7 Å². The predicted molar refractivity (Wildman–Crippen MR) is 85.7 cm³/mol. The number of nitrogens with zero attached hydrogens (tertiary/aromatic N) is 1. The Balaban J connectivity index is 1.67. The molecule has 3 heteroatoms. The van der Waals surface area contributed by atoms with Crippen LogP contribution in [0.2, 0.25) is 0 Å². The molecule has 3 N–H and O–H groups in total. The van der Waals surface area contributed by atoms with Crippen LogP contribution in [-0.2, 0) is 6.42 Å². The second-order valence-corrected chi connectivity index (χ2v) is 5.91. The summed E-state index contributed by atoms with van der Waals surface area (Å²) in [7, 11) is 0. The SMILES string of the molecule is NNC(CCc1ccncc1)c1cccc(C2CCC2)c1. The van der Waals surface area contributed by atoms with Gasteiger partial charge in [-0.3, -0.25) is 16.3 Å². The van der Waals surface area contributed by atoms with Crippen molar-refractivity contribution >= 4 is 0 Å². The van der Waals surface area contributed by atoms with Gasteiger partial charge in [-0.25, -0.2) is 0 Å². The van der Waals surface area contributed by atoms with Gasteiger partial charge >= 0.3 is 0 Å². The molecule has 2 aromatic rings. The number of aryl methyl sites for hydroxylation is 1. The number of benzene rings is 1. The van der Waals surface area contributed by atoms with Gasteiger partial charge < -0.3 is 0 Å². The smallest absolute Gasteiger partial charge is 0.0463 e. The minimum atomic E-state index is 0.207. The molecule has 1 aliphatic rings. The lowest BCUT2D eigenvalue weighted by atomic mass is 9.79. The quantitative estimate of drug-likeness (QED) is 0.629. The van der Waals surface area contributed by atoms with E-state index in [9.17, 15) is 0 Å². The lowest BCUT2D eigenvalue weighted by Gasteiger charge is -2.27. The molecular weight excluding hydrogens is 258 g/mol. The van der Waals surface area contributed by atoms with Crippen molar-refractivity contribution in [3.8, 4) is 0 Å². The van der Waals surface area contributed by atoms with Gasteiger partial charge in [-0.2, -0.15) is 0 Å². The Kier molecular flexibility index (Phi) is 4.63. The summed E-state index contributed by atoms with van der Waals surface area (Å²) >= 11 is 0. The molecule has 3 nitrogen and oxygen atoms in total. The molecule has 0 saturated heterocycles. The molecule has 0 aliphatic heterocycles. The molecule has 0 radical (unpaired) electrons. The molecule has 1 fully saturated rings. The number of pyridine rings is 1. The summed E-state index contributed by atoms with van der Waals surface area (Å²) in [4.78, 5) is 4.06. The highest BCUT2D eigenvalue weighted by molar-refractivity contribution is 5.30. The molecule has 3 rings (SSSR count). The molecule has 1 heterocycles. The van der Waals surface area contributed by atoms with Gasteiger partial charge in [0.25, 0.3) is 0 Å². The number of hydrogen-bond acceptors (Lipinski definition) is 3. The van der Waals surface area contributed by atoms with Crippen molar-refractivity contribution in [1.29, 1.82) is 0 Å². The summed E-state index contributed by atoms with van der Waals surface area (Å²) in [6, 6.07) is 13.3. The molecular formula is C18H23N3. The van der Waals surface area contributed by atoms with E-state index in [1.54, 1.807) is 0 Å². The lowest BCUT2D eigenvalue weighted by Crippen LogP contribution is -2.28. The van der Waals surface area contributed by atoms with Crippen molar-refractivity contribution in [3.05, 3.63) is 65.5 Å². The molecule has 0 bridgehead atoms. The van der Waals surface area contributed by atoms with E-state index in [0.29, 0.717) is 0 Å². The first-order valence-electron chi connectivity index (χ1n) is 7.81. The van der Waals surface area contributed by atoms with Gasteiger partial charge in [0.05, 0.1) is 0 Å². The van der Waals surface area contributed by atoms with Gasteiger partial charge in [0.1, 0.15) is 0 Å². The Labute approximate surface area is 126 Å². The van der Waals surface area contributed by atoms with E-state index in [2.05, 4.69) is 46.8 Å². The van der Waals surface area contributed by atoms with Crippen LogP contribution in [0.4, 0.5) is 0 Å².